The van der Waals surface area contributed by atoms with Crippen LogP contribution in [0.15, 0.2) is 33.6 Å². The molecule has 16 heavy (non-hydrogen) atoms. The molecule has 4 heteroatoms. The molecule has 0 aliphatic carbocycles. The first-order valence-electron chi connectivity index (χ1n) is 5.55. The minimum absolute atomic E-state index is 0.331. The highest BCUT2D eigenvalue weighted by molar-refractivity contribution is 9.10. The van der Waals surface area contributed by atoms with Crippen LogP contribution >= 0.6 is 15.9 Å². The minimum atomic E-state index is -0.936. The molecule has 1 aromatic rings. The third-order valence-corrected chi connectivity index (χ3v) is 4.93. The van der Waals surface area contributed by atoms with E-state index < -0.39 is 10.8 Å². The molecule has 90 valence electrons. The molecule has 2 unspecified atom stereocenters. The molecule has 0 saturated carbocycles. The standard InChI is InChI=1S/C12H18BrNOS/c1-3-10(14-4-2)9-16(15)12-8-6-5-7-11(12)13/h5-8,10,14H,3-4,9H2,1-2H3. The third-order valence-electron chi connectivity index (χ3n) is 2.42. The second kappa shape index (κ2) is 7.20. The van der Waals surface area contributed by atoms with Gasteiger partial charge in [-0.3, -0.25) is 4.21 Å². The van der Waals surface area contributed by atoms with Crippen molar-refractivity contribution in [2.24, 2.45) is 0 Å². The van der Waals surface area contributed by atoms with Crippen LogP contribution in [-0.2, 0) is 10.8 Å². The fraction of sp³-hybridized carbons (Fsp3) is 0.500. The van der Waals surface area contributed by atoms with E-state index in [1.165, 1.54) is 0 Å². The molecule has 0 radical (unpaired) electrons. The maximum Gasteiger partial charge on any atom is 0.0556 e. The first kappa shape index (κ1) is 13.9. The zero-order valence-corrected chi connectivity index (χ0v) is 12.1. The van der Waals surface area contributed by atoms with Crippen molar-refractivity contribution in [3.05, 3.63) is 28.7 Å². The van der Waals surface area contributed by atoms with Gasteiger partial charge in [-0.25, -0.2) is 0 Å². The summed E-state index contributed by atoms with van der Waals surface area (Å²) in [6, 6.07) is 8.04. The largest absolute Gasteiger partial charge is 0.313 e. The maximum absolute atomic E-state index is 12.2. The molecule has 0 spiro atoms. The van der Waals surface area contributed by atoms with Crippen LogP contribution in [0.3, 0.4) is 0 Å². The van der Waals surface area contributed by atoms with Crippen LogP contribution in [0, 0.1) is 0 Å². The van der Waals surface area contributed by atoms with E-state index in [-0.39, 0.29) is 0 Å². The average Bonchev–Trinajstić information content (AvgIpc) is 2.28. The molecular formula is C12H18BrNOS. The molecule has 0 aliphatic heterocycles. The zero-order valence-electron chi connectivity index (χ0n) is 9.70. The van der Waals surface area contributed by atoms with E-state index >= 15 is 0 Å². The molecule has 2 atom stereocenters. The fourth-order valence-electron chi connectivity index (χ4n) is 1.51. The number of benzene rings is 1. The van der Waals surface area contributed by atoms with E-state index in [2.05, 4.69) is 35.1 Å². The van der Waals surface area contributed by atoms with Gasteiger partial charge in [0.2, 0.25) is 0 Å². The van der Waals surface area contributed by atoms with Crippen molar-refractivity contribution in [2.45, 2.75) is 31.2 Å². The Morgan fingerprint density at radius 2 is 2.06 bits per heavy atom. The van der Waals surface area contributed by atoms with Gasteiger partial charge in [0.05, 0.1) is 15.7 Å². The Kier molecular flexibility index (Phi) is 6.24. The summed E-state index contributed by atoms with van der Waals surface area (Å²) in [6.45, 7) is 5.11. The lowest BCUT2D eigenvalue weighted by Gasteiger charge is -2.15. The van der Waals surface area contributed by atoms with Crippen molar-refractivity contribution in [3.63, 3.8) is 0 Å². The molecule has 0 amide bonds. The quantitative estimate of drug-likeness (QED) is 0.875. The van der Waals surface area contributed by atoms with Crippen LogP contribution in [0.5, 0.6) is 0 Å². The molecule has 0 bridgehead atoms. The van der Waals surface area contributed by atoms with Crippen molar-refractivity contribution in [3.8, 4) is 0 Å². The molecule has 0 fully saturated rings. The minimum Gasteiger partial charge on any atom is -0.313 e. The Balaban J connectivity index is 2.68. The fourth-order valence-corrected chi connectivity index (χ4v) is 3.75. The lowest BCUT2D eigenvalue weighted by atomic mass is 10.2. The predicted molar refractivity (Wildman–Crippen MR) is 73.2 cm³/mol. The van der Waals surface area contributed by atoms with Gasteiger partial charge in [-0.05, 0) is 41.0 Å². The van der Waals surface area contributed by atoms with Gasteiger partial charge in [0.1, 0.15) is 0 Å². The summed E-state index contributed by atoms with van der Waals surface area (Å²) >= 11 is 3.43. The Bertz CT molecular complexity index is 357. The summed E-state index contributed by atoms with van der Waals surface area (Å²) in [7, 11) is -0.936. The van der Waals surface area contributed by atoms with Gasteiger partial charge < -0.3 is 5.32 Å². The Morgan fingerprint density at radius 1 is 1.38 bits per heavy atom. The molecule has 1 rings (SSSR count). The smallest absolute Gasteiger partial charge is 0.0556 e. The summed E-state index contributed by atoms with van der Waals surface area (Å²) in [4.78, 5) is 0.888. The Labute approximate surface area is 108 Å². The molecule has 0 aliphatic rings. The predicted octanol–water partition coefficient (Wildman–Crippen LogP) is 2.94. The van der Waals surface area contributed by atoms with E-state index in [4.69, 9.17) is 0 Å². The van der Waals surface area contributed by atoms with Crippen LogP contribution < -0.4 is 5.32 Å². The second-order valence-electron chi connectivity index (χ2n) is 3.61. The van der Waals surface area contributed by atoms with Crippen molar-refractivity contribution in [1.29, 1.82) is 0 Å². The molecule has 0 heterocycles. The summed E-state index contributed by atoms with van der Waals surface area (Å²) in [6.07, 6.45) is 1.00. The Hall–Kier alpha value is -0.190. The van der Waals surface area contributed by atoms with Gasteiger partial charge in [0, 0.05) is 16.3 Å². The SMILES string of the molecule is CCNC(CC)CS(=O)c1ccccc1Br. The molecule has 0 aromatic heterocycles. The molecule has 0 saturated heterocycles. The van der Waals surface area contributed by atoms with E-state index in [0.717, 1.165) is 22.3 Å². The summed E-state index contributed by atoms with van der Waals surface area (Å²) in [5.74, 6) is 0.674. The van der Waals surface area contributed by atoms with Crippen molar-refractivity contribution in [2.75, 3.05) is 12.3 Å². The molecule has 1 aromatic carbocycles. The number of hydrogen-bond acceptors (Lipinski definition) is 2. The topological polar surface area (TPSA) is 29.1 Å². The maximum atomic E-state index is 12.2. The highest BCUT2D eigenvalue weighted by Crippen LogP contribution is 2.20. The highest BCUT2D eigenvalue weighted by atomic mass is 79.9. The second-order valence-corrected chi connectivity index (χ2v) is 5.92. The summed E-state index contributed by atoms with van der Waals surface area (Å²) in [5, 5.41) is 3.34. The molecule has 1 N–H and O–H groups in total. The van der Waals surface area contributed by atoms with Crippen molar-refractivity contribution >= 4 is 26.7 Å². The van der Waals surface area contributed by atoms with E-state index in [0.29, 0.717) is 11.8 Å². The van der Waals surface area contributed by atoms with Crippen LogP contribution in [0.2, 0.25) is 0 Å². The first-order valence-corrected chi connectivity index (χ1v) is 7.66. The third kappa shape index (κ3) is 4.00. The number of nitrogens with one attached hydrogen (secondary N) is 1. The summed E-state index contributed by atoms with van der Waals surface area (Å²) in [5.41, 5.74) is 0. The lowest BCUT2D eigenvalue weighted by Crippen LogP contribution is -2.33. The van der Waals surface area contributed by atoms with Crippen molar-refractivity contribution < 1.29 is 4.21 Å². The van der Waals surface area contributed by atoms with E-state index in [9.17, 15) is 4.21 Å². The van der Waals surface area contributed by atoms with Gasteiger partial charge in [-0.15, -0.1) is 0 Å². The average molecular weight is 304 g/mol. The van der Waals surface area contributed by atoms with Gasteiger partial charge in [0.25, 0.3) is 0 Å². The Morgan fingerprint density at radius 3 is 2.62 bits per heavy atom. The number of rotatable bonds is 6. The van der Waals surface area contributed by atoms with Gasteiger partial charge in [-0.1, -0.05) is 26.0 Å². The summed E-state index contributed by atoms with van der Waals surface area (Å²) < 4.78 is 13.1. The van der Waals surface area contributed by atoms with Crippen molar-refractivity contribution in [1.82, 2.24) is 5.32 Å². The van der Waals surface area contributed by atoms with Gasteiger partial charge >= 0.3 is 0 Å². The van der Waals surface area contributed by atoms with Gasteiger partial charge in [-0.2, -0.15) is 0 Å². The van der Waals surface area contributed by atoms with Crippen LogP contribution in [0.4, 0.5) is 0 Å². The van der Waals surface area contributed by atoms with Crippen LogP contribution in [-0.4, -0.2) is 22.5 Å². The molecular weight excluding hydrogens is 286 g/mol. The normalized spacial score (nSPS) is 14.7. The number of halogens is 1. The number of hydrogen-bond donors (Lipinski definition) is 1. The zero-order chi connectivity index (χ0) is 12.0. The lowest BCUT2D eigenvalue weighted by molar-refractivity contribution is 0.553. The van der Waals surface area contributed by atoms with E-state index in [1.54, 1.807) is 0 Å². The highest BCUT2D eigenvalue weighted by Gasteiger charge is 2.13. The van der Waals surface area contributed by atoms with Crippen LogP contribution in [0.1, 0.15) is 20.3 Å². The van der Waals surface area contributed by atoms with Crippen LogP contribution in [0.25, 0.3) is 0 Å². The molecule has 2 nitrogen and oxygen atoms in total. The van der Waals surface area contributed by atoms with Gasteiger partial charge in [0.15, 0.2) is 0 Å². The van der Waals surface area contributed by atoms with E-state index in [1.807, 2.05) is 24.3 Å². The monoisotopic (exact) mass is 303 g/mol. The first-order chi connectivity index (χ1) is 7.69.